The first-order valence-electron chi connectivity index (χ1n) is 8.11. The Hall–Kier alpha value is -2.79. The second-order valence-electron chi connectivity index (χ2n) is 6.06. The summed E-state index contributed by atoms with van der Waals surface area (Å²) in [4.78, 5) is 24.0. The van der Waals surface area contributed by atoms with Crippen LogP contribution in [0.4, 0.5) is 5.69 Å². The molecular formula is C20H18ClNO4. The van der Waals surface area contributed by atoms with Gasteiger partial charge in [0.2, 0.25) is 0 Å². The van der Waals surface area contributed by atoms with Crippen molar-refractivity contribution >= 4 is 40.1 Å². The SMILES string of the molecule is Cc1cc2occ(CC(=O)OCC(=O)Nc3ccccc3Cl)c2cc1C. The maximum absolute atomic E-state index is 12.1. The van der Waals surface area contributed by atoms with Crippen molar-refractivity contribution in [1.29, 1.82) is 0 Å². The van der Waals surface area contributed by atoms with Crippen molar-refractivity contribution in [1.82, 2.24) is 0 Å². The molecule has 3 aromatic rings. The van der Waals surface area contributed by atoms with E-state index in [4.69, 9.17) is 20.8 Å². The summed E-state index contributed by atoms with van der Waals surface area (Å²) in [6.07, 6.45) is 1.59. The summed E-state index contributed by atoms with van der Waals surface area (Å²) in [6.45, 7) is 3.63. The van der Waals surface area contributed by atoms with Crippen LogP contribution in [0.2, 0.25) is 5.02 Å². The smallest absolute Gasteiger partial charge is 0.310 e. The summed E-state index contributed by atoms with van der Waals surface area (Å²) in [5, 5.41) is 3.90. The Kier molecular flexibility index (Phi) is 5.28. The molecule has 0 saturated carbocycles. The second kappa shape index (κ2) is 7.62. The van der Waals surface area contributed by atoms with Crippen molar-refractivity contribution in [3.63, 3.8) is 0 Å². The van der Waals surface area contributed by atoms with Crippen LogP contribution in [0, 0.1) is 13.8 Å². The molecule has 3 rings (SSSR count). The van der Waals surface area contributed by atoms with Gasteiger partial charge >= 0.3 is 5.97 Å². The Morgan fingerprint density at radius 1 is 1.15 bits per heavy atom. The molecule has 6 heteroatoms. The minimum Gasteiger partial charge on any atom is -0.464 e. The topological polar surface area (TPSA) is 68.5 Å². The minimum absolute atomic E-state index is 0.0366. The number of carbonyl (C=O) groups is 2. The van der Waals surface area contributed by atoms with E-state index in [1.54, 1.807) is 30.5 Å². The number of benzene rings is 2. The van der Waals surface area contributed by atoms with Crippen LogP contribution in [-0.2, 0) is 20.7 Å². The van der Waals surface area contributed by atoms with Crippen LogP contribution in [0.15, 0.2) is 47.1 Å². The number of fused-ring (bicyclic) bond motifs is 1. The molecule has 1 aromatic heterocycles. The van der Waals surface area contributed by atoms with Crippen molar-refractivity contribution in [3.8, 4) is 0 Å². The van der Waals surface area contributed by atoms with Gasteiger partial charge in [0.25, 0.3) is 5.91 Å². The molecule has 134 valence electrons. The second-order valence-corrected chi connectivity index (χ2v) is 6.47. The molecule has 0 aliphatic carbocycles. The van der Waals surface area contributed by atoms with E-state index in [1.165, 1.54) is 0 Å². The molecule has 0 spiro atoms. The van der Waals surface area contributed by atoms with Gasteiger partial charge in [-0.3, -0.25) is 9.59 Å². The zero-order chi connectivity index (χ0) is 18.7. The first kappa shape index (κ1) is 18.0. The van der Waals surface area contributed by atoms with Crippen LogP contribution in [0.1, 0.15) is 16.7 Å². The number of furan rings is 1. The first-order valence-corrected chi connectivity index (χ1v) is 8.49. The van der Waals surface area contributed by atoms with Crippen molar-refractivity contribution in [2.24, 2.45) is 0 Å². The number of amides is 1. The maximum Gasteiger partial charge on any atom is 0.310 e. The number of halogens is 1. The van der Waals surface area contributed by atoms with E-state index in [0.29, 0.717) is 10.7 Å². The molecule has 1 N–H and O–H groups in total. The van der Waals surface area contributed by atoms with Crippen molar-refractivity contribution in [2.45, 2.75) is 20.3 Å². The fourth-order valence-corrected chi connectivity index (χ4v) is 2.76. The Labute approximate surface area is 155 Å². The highest BCUT2D eigenvalue weighted by molar-refractivity contribution is 6.33. The van der Waals surface area contributed by atoms with Gasteiger partial charge in [-0.25, -0.2) is 0 Å². The largest absolute Gasteiger partial charge is 0.464 e. The molecular weight excluding hydrogens is 354 g/mol. The van der Waals surface area contributed by atoms with Gasteiger partial charge in [-0.2, -0.15) is 0 Å². The molecule has 0 bridgehead atoms. The van der Waals surface area contributed by atoms with Crippen LogP contribution in [0.3, 0.4) is 0 Å². The molecule has 5 nitrogen and oxygen atoms in total. The lowest BCUT2D eigenvalue weighted by molar-refractivity contribution is -0.146. The van der Waals surface area contributed by atoms with Gasteiger partial charge in [-0.15, -0.1) is 0 Å². The van der Waals surface area contributed by atoms with Crippen molar-refractivity contribution < 1.29 is 18.7 Å². The van der Waals surface area contributed by atoms with Crippen LogP contribution in [0.25, 0.3) is 11.0 Å². The Morgan fingerprint density at radius 2 is 1.88 bits per heavy atom. The number of aryl methyl sites for hydroxylation is 2. The molecule has 0 unspecified atom stereocenters. The van der Waals surface area contributed by atoms with Crippen molar-refractivity contribution in [2.75, 3.05) is 11.9 Å². The molecule has 26 heavy (non-hydrogen) atoms. The van der Waals surface area contributed by atoms with E-state index in [1.807, 2.05) is 26.0 Å². The summed E-state index contributed by atoms with van der Waals surface area (Å²) in [5.74, 6) is -0.949. The fraction of sp³-hybridized carbons (Fsp3) is 0.200. The van der Waals surface area contributed by atoms with Gasteiger partial charge in [0.1, 0.15) is 5.58 Å². The summed E-state index contributed by atoms with van der Waals surface area (Å²) in [7, 11) is 0. The summed E-state index contributed by atoms with van der Waals surface area (Å²) < 4.78 is 10.6. The van der Waals surface area contributed by atoms with Crippen molar-refractivity contribution in [3.05, 3.63) is 64.4 Å². The monoisotopic (exact) mass is 371 g/mol. The zero-order valence-corrected chi connectivity index (χ0v) is 15.2. The van der Waals surface area contributed by atoms with Gasteiger partial charge < -0.3 is 14.5 Å². The van der Waals surface area contributed by atoms with Crippen LogP contribution < -0.4 is 5.32 Å². The number of ether oxygens (including phenoxy) is 1. The first-order chi connectivity index (χ1) is 12.4. The molecule has 0 saturated heterocycles. The standard InChI is InChI=1S/C20H18ClNO4/c1-12-7-15-14(10-25-18(15)8-13(12)2)9-20(24)26-11-19(23)22-17-6-4-3-5-16(17)21/h3-8,10H,9,11H2,1-2H3,(H,22,23). The normalized spacial score (nSPS) is 10.7. The molecule has 0 aliphatic rings. The van der Waals surface area contributed by atoms with Gasteiger partial charge in [-0.05, 0) is 49.2 Å². The van der Waals surface area contributed by atoms with E-state index < -0.39 is 11.9 Å². The molecule has 0 atom stereocenters. The highest BCUT2D eigenvalue weighted by atomic mass is 35.5. The molecule has 2 aromatic carbocycles. The zero-order valence-electron chi connectivity index (χ0n) is 14.5. The number of nitrogens with one attached hydrogen (secondary N) is 1. The van der Waals surface area contributed by atoms with Gasteiger partial charge in [0, 0.05) is 10.9 Å². The van der Waals surface area contributed by atoms with E-state index in [9.17, 15) is 9.59 Å². The molecule has 0 aliphatic heterocycles. The number of hydrogen-bond acceptors (Lipinski definition) is 4. The summed E-state index contributed by atoms with van der Waals surface area (Å²) in [5.41, 5.74) is 4.18. The van der Waals surface area contributed by atoms with E-state index in [-0.39, 0.29) is 13.0 Å². The average molecular weight is 372 g/mol. The number of carbonyl (C=O) groups excluding carboxylic acids is 2. The third kappa shape index (κ3) is 4.06. The number of hydrogen-bond donors (Lipinski definition) is 1. The average Bonchev–Trinajstić information content (AvgIpc) is 2.97. The van der Waals surface area contributed by atoms with E-state index >= 15 is 0 Å². The summed E-state index contributed by atoms with van der Waals surface area (Å²) >= 11 is 5.97. The lowest BCUT2D eigenvalue weighted by Crippen LogP contribution is -2.21. The highest BCUT2D eigenvalue weighted by Gasteiger charge is 2.14. The van der Waals surface area contributed by atoms with Crippen LogP contribution in [0.5, 0.6) is 0 Å². The maximum atomic E-state index is 12.1. The van der Waals surface area contributed by atoms with E-state index in [0.717, 1.165) is 27.7 Å². The third-order valence-corrected chi connectivity index (χ3v) is 4.45. The fourth-order valence-electron chi connectivity index (χ4n) is 2.57. The van der Waals surface area contributed by atoms with Gasteiger partial charge in [0.05, 0.1) is 23.4 Å². The number of rotatable bonds is 5. The quantitative estimate of drug-likeness (QED) is 0.674. The van der Waals surface area contributed by atoms with E-state index in [2.05, 4.69) is 5.32 Å². The minimum atomic E-state index is -0.500. The Morgan fingerprint density at radius 3 is 2.65 bits per heavy atom. The third-order valence-electron chi connectivity index (χ3n) is 4.12. The molecule has 0 fully saturated rings. The number of esters is 1. The lowest BCUT2D eigenvalue weighted by atomic mass is 10.0. The van der Waals surface area contributed by atoms with Gasteiger partial charge in [0.15, 0.2) is 6.61 Å². The number of para-hydroxylation sites is 1. The predicted octanol–water partition coefficient (Wildman–Crippen LogP) is 4.43. The Balaban J connectivity index is 1.58. The molecule has 1 amide bonds. The summed E-state index contributed by atoms with van der Waals surface area (Å²) in [6, 6.07) is 10.8. The Bertz CT molecular complexity index is 977. The van der Waals surface area contributed by atoms with Gasteiger partial charge in [-0.1, -0.05) is 23.7 Å². The molecule has 1 heterocycles. The predicted molar refractivity (Wildman–Crippen MR) is 100 cm³/mol. The van der Waals surface area contributed by atoms with Crippen LogP contribution >= 0.6 is 11.6 Å². The lowest BCUT2D eigenvalue weighted by Gasteiger charge is -2.07. The van der Waals surface area contributed by atoms with Crippen LogP contribution in [-0.4, -0.2) is 18.5 Å². The highest BCUT2D eigenvalue weighted by Crippen LogP contribution is 2.25. The molecule has 0 radical (unpaired) electrons. The number of anilines is 1.